The number of hydrogen-bond acceptors (Lipinski definition) is 2. The Bertz CT molecular complexity index is 408. The van der Waals surface area contributed by atoms with E-state index >= 15 is 0 Å². The first-order valence-corrected chi connectivity index (χ1v) is 5.15. The molecule has 1 saturated heterocycles. The molecule has 1 aliphatic rings. The Morgan fingerprint density at radius 3 is 2.87 bits per heavy atom. The molecule has 0 saturated carbocycles. The first-order valence-electron chi connectivity index (χ1n) is 4.77. The Balaban J connectivity index is 2.44. The zero-order valence-corrected chi connectivity index (χ0v) is 9.09. The maximum absolute atomic E-state index is 13.1. The average molecular weight is 228 g/mol. The van der Waals surface area contributed by atoms with Gasteiger partial charge in [-0.15, -0.1) is 0 Å². The molecule has 1 aliphatic heterocycles. The zero-order chi connectivity index (χ0) is 11.0. The molecule has 0 aromatic heterocycles. The van der Waals surface area contributed by atoms with E-state index in [-0.39, 0.29) is 17.6 Å². The lowest BCUT2D eigenvalue weighted by Gasteiger charge is -2.19. The number of carbonyl (C=O) groups is 1. The highest BCUT2D eigenvalue weighted by atomic mass is 35.5. The third-order valence-corrected chi connectivity index (χ3v) is 3.05. The summed E-state index contributed by atoms with van der Waals surface area (Å²) in [5.41, 5.74) is 0.571. The Morgan fingerprint density at radius 2 is 2.27 bits per heavy atom. The van der Waals surface area contributed by atoms with Gasteiger partial charge in [0.15, 0.2) is 5.78 Å². The van der Waals surface area contributed by atoms with Crippen LogP contribution in [0.5, 0.6) is 0 Å². The molecule has 0 aliphatic carbocycles. The average Bonchev–Trinajstić information content (AvgIpc) is 2.51. The Morgan fingerprint density at radius 1 is 1.53 bits per heavy atom. The van der Waals surface area contributed by atoms with Gasteiger partial charge in [0.05, 0.1) is 6.04 Å². The molecule has 0 spiro atoms. The minimum Gasteiger partial charge on any atom is -0.297 e. The van der Waals surface area contributed by atoms with Gasteiger partial charge in [0, 0.05) is 18.0 Å². The third kappa shape index (κ3) is 1.90. The molecule has 1 atom stereocenters. The van der Waals surface area contributed by atoms with Crippen molar-refractivity contribution in [1.29, 1.82) is 0 Å². The lowest BCUT2D eigenvalue weighted by atomic mass is 10.0. The van der Waals surface area contributed by atoms with Gasteiger partial charge in [0.25, 0.3) is 0 Å². The van der Waals surface area contributed by atoms with Crippen molar-refractivity contribution >= 4 is 17.4 Å². The van der Waals surface area contributed by atoms with E-state index in [4.69, 9.17) is 11.6 Å². The first kappa shape index (κ1) is 10.6. The van der Waals surface area contributed by atoms with Crippen LogP contribution >= 0.6 is 11.6 Å². The van der Waals surface area contributed by atoms with Gasteiger partial charge >= 0.3 is 0 Å². The van der Waals surface area contributed by atoms with Gasteiger partial charge in [0.2, 0.25) is 0 Å². The molecule has 1 aromatic carbocycles. The standard InChI is InChI=1S/C11H11ClFNO/c1-14-5-4-10(15)11(14)8-6-7(13)2-3-9(8)12/h2-3,6,11H,4-5H2,1H3. The summed E-state index contributed by atoms with van der Waals surface area (Å²) in [4.78, 5) is 13.5. The number of benzene rings is 1. The van der Waals surface area contributed by atoms with Crippen LogP contribution < -0.4 is 0 Å². The van der Waals surface area contributed by atoms with Crippen molar-refractivity contribution in [3.8, 4) is 0 Å². The van der Waals surface area contributed by atoms with Gasteiger partial charge in [-0.25, -0.2) is 4.39 Å². The smallest absolute Gasteiger partial charge is 0.155 e. The van der Waals surface area contributed by atoms with E-state index in [1.807, 2.05) is 11.9 Å². The number of likely N-dealkylation sites (N-methyl/N-ethyl adjacent to an activating group) is 1. The van der Waals surface area contributed by atoms with E-state index in [1.165, 1.54) is 18.2 Å². The van der Waals surface area contributed by atoms with E-state index in [0.29, 0.717) is 23.6 Å². The highest BCUT2D eigenvalue weighted by Gasteiger charge is 2.32. The van der Waals surface area contributed by atoms with Crippen LogP contribution in [0.1, 0.15) is 18.0 Å². The molecule has 4 heteroatoms. The summed E-state index contributed by atoms with van der Waals surface area (Å²) in [6, 6.07) is 3.75. The topological polar surface area (TPSA) is 20.3 Å². The molecule has 0 N–H and O–H groups in total. The predicted octanol–water partition coefficient (Wildman–Crippen LogP) is 2.42. The van der Waals surface area contributed by atoms with Crippen LogP contribution in [0.4, 0.5) is 4.39 Å². The summed E-state index contributed by atoms with van der Waals surface area (Å²) in [6.07, 6.45) is 0.508. The fourth-order valence-corrected chi connectivity index (χ4v) is 2.15. The lowest BCUT2D eigenvalue weighted by molar-refractivity contribution is -0.119. The highest BCUT2D eigenvalue weighted by molar-refractivity contribution is 6.31. The van der Waals surface area contributed by atoms with E-state index in [2.05, 4.69) is 0 Å². The Labute approximate surface area is 92.6 Å². The quantitative estimate of drug-likeness (QED) is 0.735. The number of Topliss-reactive ketones (excluding diaryl/α,β-unsaturated/α-hetero) is 1. The summed E-state index contributed by atoms with van der Waals surface area (Å²) >= 11 is 5.96. The minimum absolute atomic E-state index is 0.102. The fraction of sp³-hybridized carbons (Fsp3) is 0.364. The van der Waals surface area contributed by atoms with Crippen molar-refractivity contribution in [1.82, 2.24) is 4.90 Å². The van der Waals surface area contributed by atoms with Gasteiger partial charge in [-0.2, -0.15) is 0 Å². The molecular formula is C11H11ClFNO. The van der Waals surface area contributed by atoms with Crippen molar-refractivity contribution < 1.29 is 9.18 Å². The van der Waals surface area contributed by atoms with Crippen LogP contribution in [0.3, 0.4) is 0 Å². The van der Waals surface area contributed by atoms with E-state index in [9.17, 15) is 9.18 Å². The number of likely N-dealkylation sites (tertiary alicyclic amines) is 1. The third-order valence-electron chi connectivity index (χ3n) is 2.71. The molecule has 2 rings (SSSR count). The SMILES string of the molecule is CN1CCC(=O)C1c1cc(F)ccc1Cl. The molecule has 0 radical (unpaired) electrons. The molecule has 1 aromatic rings. The normalized spacial score (nSPS) is 22.3. The molecule has 1 heterocycles. The largest absolute Gasteiger partial charge is 0.297 e. The van der Waals surface area contributed by atoms with Crippen LogP contribution in [-0.2, 0) is 4.79 Å². The number of nitrogens with zero attached hydrogens (tertiary/aromatic N) is 1. The van der Waals surface area contributed by atoms with Crippen molar-refractivity contribution in [2.45, 2.75) is 12.5 Å². The maximum Gasteiger partial charge on any atom is 0.155 e. The second-order valence-corrected chi connectivity index (χ2v) is 4.17. The van der Waals surface area contributed by atoms with Crippen LogP contribution in [0.15, 0.2) is 18.2 Å². The van der Waals surface area contributed by atoms with Crippen LogP contribution in [0.25, 0.3) is 0 Å². The second kappa shape index (κ2) is 3.91. The monoisotopic (exact) mass is 227 g/mol. The van der Waals surface area contributed by atoms with Gasteiger partial charge in [-0.1, -0.05) is 11.6 Å². The molecule has 1 unspecified atom stereocenters. The van der Waals surface area contributed by atoms with Gasteiger partial charge in [-0.3, -0.25) is 9.69 Å². The predicted molar refractivity (Wildman–Crippen MR) is 56.4 cm³/mol. The minimum atomic E-state index is -0.381. The zero-order valence-electron chi connectivity index (χ0n) is 8.34. The van der Waals surface area contributed by atoms with Crippen molar-refractivity contribution in [3.05, 3.63) is 34.6 Å². The molecule has 1 fully saturated rings. The van der Waals surface area contributed by atoms with Crippen molar-refractivity contribution in [2.24, 2.45) is 0 Å². The Hall–Kier alpha value is -0.930. The number of ketones is 1. The molecule has 0 amide bonds. The van der Waals surface area contributed by atoms with Gasteiger partial charge < -0.3 is 0 Å². The number of carbonyl (C=O) groups excluding carboxylic acids is 1. The number of rotatable bonds is 1. The number of hydrogen-bond donors (Lipinski definition) is 0. The van der Waals surface area contributed by atoms with Crippen LogP contribution in [0.2, 0.25) is 5.02 Å². The van der Waals surface area contributed by atoms with Crippen molar-refractivity contribution in [2.75, 3.05) is 13.6 Å². The van der Waals surface area contributed by atoms with Crippen LogP contribution in [-0.4, -0.2) is 24.3 Å². The second-order valence-electron chi connectivity index (χ2n) is 3.77. The van der Waals surface area contributed by atoms with Crippen molar-refractivity contribution in [3.63, 3.8) is 0 Å². The molecule has 80 valence electrons. The van der Waals surface area contributed by atoms with E-state index in [1.54, 1.807) is 0 Å². The molecule has 0 bridgehead atoms. The summed E-state index contributed by atoms with van der Waals surface area (Å²) in [6.45, 7) is 0.705. The lowest BCUT2D eigenvalue weighted by Crippen LogP contribution is -2.21. The van der Waals surface area contributed by atoms with Gasteiger partial charge in [-0.05, 0) is 30.8 Å². The molecule has 15 heavy (non-hydrogen) atoms. The number of halogens is 2. The summed E-state index contributed by atoms with van der Waals surface area (Å²) in [5.74, 6) is -0.257. The van der Waals surface area contributed by atoms with Crippen LogP contribution in [0, 0.1) is 5.82 Å². The summed E-state index contributed by atoms with van der Waals surface area (Å²) in [7, 11) is 1.84. The summed E-state index contributed by atoms with van der Waals surface area (Å²) < 4.78 is 13.1. The fourth-order valence-electron chi connectivity index (χ4n) is 1.93. The molecular weight excluding hydrogens is 217 g/mol. The molecule has 2 nitrogen and oxygen atoms in total. The van der Waals surface area contributed by atoms with Gasteiger partial charge in [0.1, 0.15) is 5.82 Å². The Kier molecular flexibility index (Phi) is 2.76. The summed E-state index contributed by atoms with van der Waals surface area (Å²) in [5, 5.41) is 0.448. The van der Waals surface area contributed by atoms with E-state index < -0.39 is 0 Å². The maximum atomic E-state index is 13.1. The highest BCUT2D eigenvalue weighted by Crippen LogP contribution is 2.32. The first-order chi connectivity index (χ1) is 7.09. The van der Waals surface area contributed by atoms with E-state index in [0.717, 1.165) is 0 Å².